The van der Waals surface area contributed by atoms with E-state index in [4.69, 9.17) is 9.47 Å². The van der Waals surface area contributed by atoms with Crippen molar-refractivity contribution in [2.75, 3.05) is 12.1 Å². The molecule has 86 valence electrons. The van der Waals surface area contributed by atoms with Crippen LogP contribution in [0.25, 0.3) is 0 Å². The quantitative estimate of drug-likeness (QED) is 0.884. The van der Waals surface area contributed by atoms with Crippen LogP contribution in [0.2, 0.25) is 0 Å². The minimum Gasteiger partial charge on any atom is -0.454 e. The monoisotopic (exact) mass is 248 g/mol. The van der Waals surface area contributed by atoms with Crippen molar-refractivity contribution in [3.05, 3.63) is 35.3 Å². The molecule has 0 unspecified atom stereocenters. The number of ether oxygens (including phenoxy) is 2. The van der Waals surface area contributed by atoms with Gasteiger partial charge in [-0.1, -0.05) is 0 Å². The van der Waals surface area contributed by atoms with Crippen LogP contribution in [0.4, 0.5) is 5.69 Å². The Labute approximate surface area is 101 Å². The summed E-state index contributed by atoms with van der Waals surface area (Å²) in [6.45, 7) is 0.224. The van der Waals surface area contributed by atoms with Crippen molar-refractivity contribution >= 4 is 23.1 Å². The Balaban J connectivity index is 1.80. The highest BCUT2D eigenvalue weighted by molar-refractivity contribution is 7.08. The third-order valence-electron chi connectivity index (χ3n) is 2.29. The zero-order valence-corrected chi connectivity index (χ0v) is 9.49. The van der Waals surface area contributed by atoms with Crippen molar-refractivity contribution in [3.63, 3.8) is 0 Å². The van der Waals surface area contributed by atoms with Crippen molar-refractivity contribution in [1.82, 2.24) is 4.37 Å². The van der Waals surface area contributed by atoms with Crippen molar-refractivity contribution in [3.8, 4) is 11.5 Å². The molecule has 2 heterocycles. The Morgan fingerprint density at radius 3 is 3.00 bits per heavy atom. The Kier molecular flexibility index (Phi) is 2.41. The SMILES string of the molecule is O=C(Nc1ccc2c(c1)OCO2)c1ccns1. The molecule has 0 saturated heterocycles. The lowest BCUT2D eigenvalue weighted by molar-refractivity contribution is 0.103. The average molecular weight is 248 g/mol. The number of fused-ring (bicyclic) bond motifs is 1. The molecule has 2 aromatic rings. The number of hydrogen-bond donors (Lipinski definition) is 1. The number of benzene rings is 1. The lowest BCUT2D eigenvalue weighted by Gasteiger charge is -2.04. The lowest BCUT2D eigenvalue weighted by Crippen LogP contribution is -2.09. The summed E-state index contributed by atoms with van der Waals surface area (Å²) in [5, 5.41) is 2.77. The molecular weight excluding hydrogens is 240 g/mol. The van der Waals surface area contributed by atoms with Gasteiger partial charge in [0.1, 0.15) is 4.88 Å². The number of amides is 1. The summed E-state index contributed by atoms with van der Waals surface area (Å²) in [6, 6.07) is 6.95. The number of aromatic nitrogens is 1. The topological polar surface area (TPSA) is 60.5 Å². The van der Waals surface area contributed by atoms with Crippen LogP contribution in [-0.4, -0.2) is 17.1 Å². The predicted molar refractivity (Wildman–Crippen MR) is 62.6 cm³/mol. The first-order valence-corrected chi connectivity index (χ1v) is 5.72. The summed E-state index contributed by atoms with van der Waals surface area (Å²) >= 11 is 1.16. The second-order valence-corrected chi connectivity index (χ2v) is 4.23. The van der Waals surface area contributed by atoms with Gasteiger partial charge in [0.25, 0.3) is 5.91 Å². The van der Waals surface area contributed by atoms with Crippen LogP contribution in [0, 0.1) is 0 Å². The van der Waals surface area contributed by atoms with E-state index in [1.54, 1.807) is 30.5 Å². The summed E-state index contributed by atoms with van der Waals surface area (Å²) in [7, 11) is 0. The molecule has 0 fully saturated rings. The smallest absolute Gasteiger partial charge is 0.267 e. The highest BCUT2D eigenvalue weighted by atomic mass is 32.1. The normalized spacial score (nSPS) is 12.5. The van der Waals surface area contributed by atoms with Gasteiger partial charge in [-0.25, -0.2) is 4.37 Å². The minimum absolute atomic E-state index is 0.175. The second kappa shape index (κ2) is 4.06. The molecular formula is C11H8N2O3S. The van der Waals surface area contributed by atoms with Gasteiger partial charge in [-0.2, -0.15) is 0 Å². The molecule has 0 aliphatic carbocycles. The standard InChI is InChI=1S/C11H8N2O3S/c14-11(10-3-4-12-17-10)13-7-1-2-8-9(5-7)16-6-15-8/h1-5H,6H2,(H,13,14). The van der Waals surface area contributed by atoms with Crippen LogP contribution < -0.4 is 14.8 Å². The van der Waals surface area contributed by atoms with Gasteiger partial charge in [0, 0.05) is 18.0 Å². The fourth-order valence-electron chi connectivity index (χ4n) is 1.50. The third kappa shape index (κ3) is 1.94. The molecule has 0 spiro atoms. The Bertz CT molecular complexity index is 554. The average Bonchev–Trinajstić information content (AvgIpc) is 2.99. The van der Waals surface area contributed by atoms with Crippen LogP contribution in [0.3, 0.4) is 0 Å². The van der Waals surface area contributed by atoms with E-state index in [0.29, 0.717) is 22.1 Å². The van der Waals surface area contributed by atoms with Gasteiger partial charge in [-0.3, -0.25) is 4.79 Å². The van der Waals surface area contributed by atoms with Crippen molar-refractivity contribution in [2.45, 2.75) is 0 Å². The number of rotatable bonds is 2. The first kappa shape index (κ1) is 10.1. The van der Waals surface area contributed by atoms with Gasteiger partial charge in [-0.15, -0.1) is 0 Å². The molecule has 17 heavy (non-hydrogen) atoms. The molecule has 6 heteroatoms. The summed E-state index contributed by atoms with van der Waals surface area (Å²) in [5.41, 5.74) is 0.674. The van der Waals surface area contributed by atoms with E-state index in [2.05, 4.69) is 9.69 Å². The third-order valence-corrected chi connectivity index (χ3v) is 3.04. The van der Waals surface area contributed by atoms with Crippen LogP contribution >= 0.6 is 11.5 Å². The van der Waals surface area contributed by atoms with Gasteiger partial charge in [0.05, 0.1) is 0 Å². The fourth-order valence-corrected chi connectivity index (χ4v) is 1.99. The van der Waals surface area contributed by atoms with Gasteiger partial charge >= 0.3 is 0 Å². The molecule has 0 bridgehead atoms. The zero-order chi connectivity index (χ0) is 11.7. The van der Waals surface area contributed by atoms with E-state index >= 15 is 0 Å². The molecule has 0 saturated carbocycles. The highest BCUT2D eigenvalue weighted by Crippen LogP contribution is 2.34. The number of carbonyl (C=O) groups excluding carboxylic acids is 1. The largest absolute Gasteiger partial charge is 0.454 e. The van der Waals surface area contributed by atoms with Crippen molar-refractivity contribution in [2.24, 2.45) is 0 Å². The number of hydrogen-bond acceptors (Lipinski definition) is 5. The fraction of sp³-hybridized carbons (Fsp3) is 0.0909. The van der Waals surface area contributed by atoms with Crippen molar-refractivity contribution in [1.29, 1.82) is 0 Å². The second-order valence-electron chi connectivity index (χ2n) is 3.40. The summed E-state index contributed by atoms with van der Waals surface area (Å²) < 4.78 is 14.3. The van der Waals surface area contributed by atoms with Crippen LogP contribution in [-0.2, 0) is 0 Å². The summed E-state index contributed by atoms with van der Waals surface area (Å²) in [4.78, 5) is 12.3. The Hall–Kier alpha value is -2.08. The predicted octanol–water partition coefficient (Wildman–Crippen LogP) is 2.12. The molecule has 3 rings (SSSR count). The molecule has 1 amide bonds. The van der Waals surface area contributed by atoms with E-state index in [0.717, 1.165) is 11.5 Å². The molecule has 1 aliphatic rings. The highest BCUT2D eigenvalue weighted by Gasteiger charge is 2.14. The number of anilines is 1. The summed E-state index contributed by atoms with van der Waals surface area (Å²) in [6.07, 6.45) is 1.60. The number of carbonyl (C=O) groups is 1. The molecule has 0 radical (unpaired) electrons. The first-order valence-electron chi connectivity index (χ1n) is 4.94. The Morgan fingerprint density at radius 1 is 1.29 bits per heavy atom. The molecule has 1 aliphatic heterocycles. The molecule has 0 atom stereocenters. The molecule has 1 aromatic carbocycles. The molecule has 5 nitrogen and oxygen atoms in total. The zero-order valence-electron chi connectivity index (χ0n) is 8.67. The van der Waals surface area contributed by atoms with E-state index in [9.17, 15) is 4.79 Å². The maximum Gasteiger partial charge on any atom is 0.267 e. The lowest BCUT2D eigenvalue weighted by atomic mass is 10.2. The van der Waals surface area contributed by atoms with E-state index in [-0.39, 0.29) is 12.7 Å². The van der Waals surface area contributed by atoms with Crippen LogP contribution in [0.5, 0.6) is 11.5 Å². The maximum atomic E-state index is 11.8. The van der Waals surface area contributed by atoms with E-state index in [1.807, 2.05) is 0 Å². The van der Waals surface area contributed by atoms with Gasteiger partial charge in [0.15, 0.2) is 11.5 Å². The Morgan fingerprint density at radius 2 is 2.18 bits per heavy atom. The van der Waals surface area contributed by atoms with Gasteiger partial charge < -0.3 is 14.8 Å². The molecule has 1 N–H and O–H groups in total. The van der Waals surface area contributed by atoms with Gasteiger partial charge in [0.2, 0.25) is 6.79 Å². The minimum atomic E-state index is -0.175. The first-order chi connectivity index (χ1) is 8.33. The van der Waals surface area contributed by atoms with Crippen molar-refractivity contribution < 1.29 is 14.3 Å². The number of nitrogens with one attached hydrogen (secondary N) is 1. The van der Waals surface area contributed by atoms with Gasteiger partial charge in [-0.05, 0) is 29.7 Å². The van der Waals surface area contributed by atoms with E-state index < -0.39 is 0 Å². The number of nitrogens with zero attached hydrogens (tertiary/aromatic N) is 1. The molecule has 1 aromatic heterocycles. The summed E-state index contributed by atoms with van der Waals surface area (Å²) in [5.74, 6) is 1.17. The van der Waals surface area contributed by atoms with Crippen LogP contribution in [0.15, 0.2) is 30.5 Å². The van der Waals surface area contributed by atoms with Crippen LogP contribution in [0.1, 0.15) is 9.67 Å². The maximum absolute atomic E-state index is 11.8. The van der Waals surface area contributed by atoms with E-state index in [1.165, 1.54) is 0 Å².